The van der Waals surface area contributed by atoms with Crippen LogP contribution < -0.4 is 11.1 Å². The maximum atomic E-state index is 11.9. The average molecular weight is 311 g/mol. The molecule has 0 bridgehead atoms. The van der Waals surface area contributed by atoms with E-state index in [4.69, 9.17) is 5.73 Å². The minimum absolute atomic E-state index is 0.0127. The van der Waals surface area contributed by atoms with Gasteiger partial charge in [-0.2, -0.15) is 0 Å². The standard InChI is InChI=1S/C14H19BrN2O/c1-10(11-4-2-5-12(15)8-11)17-13(18)9-14(16)6-3-7-14/h2,4-5,8,10H,3,6-7,9,16H2,1H3,(H,17,18)/t10-/m0/s1. The molecule has 1 aliphatic carbocycles. The second-order valence-corrected chi connectivity index (χ2v) is 6.15. The third kappa shape index (κ3) is 3.33. The number of nitrogens with two attached hydrogens (primary N) is 1. The van der Waals surface area contributed by atoms with E-state index < -0.39 is 0 Å². The van der Waals surface area contributed by atoms with Gasteiger partial charge in [0.25, 0.3) is 0 Å². The number of rotatable bonds is 4. The Morgan fingerprint density at radius 3 is 2.83 bits per heavy atom. The Hall–Kier alpha value is -0.870. The van der Waals surface area contributed by atoms with Crippen molar-refractivity contribution >= 4 is 21.8 Å². The van der Waals surface area contributed by atoms with Crippen molar-refractivity contribution in [3.8, 4) is 0 Å². The zero-order valence-electron chi connectivity index (χ0n) is 10.6. The van der Waals surface area contributed by atoms with Crippen molar-refractivity contribution < 1.29 is 4.79 Å². The van der Waals surface area contributed by atoms with E-state index in [-0.39, 0.29) is 17.5 Å². The molecule has 3 nitrogen and oxygen atoms in total. The van der Waals surface area contributed by atoms with Crippen molar-refractivity contribution in [2.24, 2.45) is 5.73 Å². The molecule has 0 saturated heterocycles. The van der Waals surface area contributed by atoms with Crippen LogP contribution in [0.1, 0.15) is 44.2 Å². The van der Waals surface area contributed by atoms with Gasteiger partial charge in [0, 0.05) is 16.4 Å². The van der Waals surface area contributed by atoms with Crippen LogP contribution in [0, 0.1) is 0 Å². The lowest BCUT2D eigenvalue weighted by Crippen LogP contribution is -2.50. The summed E-state index contributed by atoms with van der Waals surface area (Å²) >= 11 is 3.43. The van der Waals surface area contributed by atoms with Gasteiger partial charge < -0.3 is 11.1 Å². The number of hydrogen-bond acceptors (Lipinski definition) is 2. The zero-order valence-corrected chi connectivity index (χ0v) is 12.2. The van der Waals surface area contributed by atoms with Crippen molar-refractivity contribution in [2.45, 2.75) is 44.2 Å². The molecular formula is C14H19BrN2O. The number of amides is 1. The number of carbonyl (C=O) groups excluding carboxylic acids is 1. The van der Waals surface area contributed by atoms with Gasteiger partial charge in [-0.25, -0.2) is 0 Å². The molecule has 2 rings (SSSR count). The van der Waals surface area contributed by atoms with Gasteiger partial charge in [0.15, 0.2) is 0 Å². The fourth-order valence-corrected chi connectivity index (χ4v) is 2.70. The van der Waals surface area contributed by atoms with Crippen LogP contribution in [0.2, 0.25) is 0 Å². The first-order chi connectivity index (χ1) is 8.48. The molecule has 1 aliphatic rings. The topological polar surface area (TPSA) is 55.1 Å². The molecule has 1 aromatic carbocycles. The Bertz CT molecular complexity index is 443. The molecule has 18 heavy (non-hydrogen) atoms. The SMILES string of the molecule is C[C@H](NC(=O)CC1(N)CCC1)c1cccc(Br)c1. The Kier molecular flexibility index (Phi) is 4.07. The van der Waals surface area contributed by atoms with E-state index in [1.54, 1.807) is 0 Å². The summed E-state index contributed by atoms with van der Waals surface area (Å²) in [6.45, 7) is 1.99. The number of benzene rings is 1. The van der Waals surface area contributed by atoms with E-state index in [2.05, 4.69) is 21.2 Å². The summed E-state index contributed by atoms with van der Waals surface area (Å²) in [7, 11) is 0. The Balaban J connectivity index is 1.90. The maximum absolute atomic E-state index is 11.9. The first-order valence-corrected chi connectivity index (χ1v) is 7.12. The third-order valence-corrected chi connectivity index (χ3v) is 4.08. The van der Waals surface area contributed by atoms with Crippen LogP contribution in [-0.4, -0.2) is 11.4 Å². The van der Waals surface area contributed by atoms with Crippen LogP contribution in [0.5, 0.6) is 0 Å². The summed E-state index contributed by atoms with van der Waals surface area (Å²) in [5, 5.41) is 3.01. The molecular weight excluding hydrogens is 292 g/mol. The molecule has 98 valence electrons. The van der Waals surface area contributed by atoms with Gasteiger partial charge in [0.05, 0.1) is 6.04 Å². The minimum atomic E-state index is -0.249. The quantitative estimate of drug-likeness (QED) is 0.898. The van der Waals surface area contributed by atoms with E-state index in [1.807, 2.05) is 31.2 Å². The molecule has 1 aromatic rings. The number of carbonyl (C=O) groups is 1. The van der Waals surface area contributed by atoms with E-state index >= 15 is 0 Å². The van der Waals surface area contributed by atoms with Gasteiger partial charge in [-0.05, 0) is 43.9 Å². The number of hydrogen-bond donors (Lipinski definition) is 2. The predicted octanol–water partition coefficient (Wildman–Crippen LogP) is 2.90. The van der Waals surface area contributed by atoms with Crippen molar-refractivity contribution in [1.29, 1.82) is 0 Å². The molecule has 0 aromatic heterocycles. The van der Waals surface area contributed by atoms with Gasteiger partial charge in [0.2, 0.25) is 5.91 Å². The molecule has 0 unspecified atom stereocenters. The molecule has 1 saturated carbocycles. The molecule has 4 heteroatoms. The molecule has 1 amide bonds. The highest BCUT2D eigenvalue weighted by Crippen LogP contribution is 2.32. The monoisotopic (exact) mass is 310 g/mol. The van der Waals surface area contributed by atoms with Gasteiger partial charge in [-0.15, -0.1) is 0 Å². The van der Waals surface area contributed by atoms with Crippen LogP contribution in [-0.2, 0) is 4.79 Å². The Labute approximate surface area is 116 Å². The smallest absolute Gasteiger partial charge is 0.222 e. The molecule has 0 radical (unpaired) electrons. The van der Waals surface area contributed by atoms with Gasteiger partial charge in [-0.1, -0.05) is 28.1 Å². The summed E-state index contributed by atoms with van der Waals surface area (Å²) in [6, 6.07) is 7.99. The summed E-state index contributed by atoms with van der Waals surface area (Å²) in [5.74, 6) is 0.0460. The largest absolute Gasteiger partial charge is 0.350 e. The van der Waals surface area contributed by atoms with E-state index in [1.165, 1.54) is 0 Å². The highest BCUT2D eigenvalue weighted by molar-refractivity contribution is 9.10. The first-order valence-electron chi connectivity index (χ1n) is 6.32. The lowest BCUT2D eigenvalue weighted by Gasteiger charge is -2.37. The molecule has 0 aliphatic heterocycles. The van der Waals surface area contributed by atoms with Crippen molar-refractivity contribution in [3.05, 3.63) is 34.3 Å². The third-order valence-electron chi connectivity index (χ3n) is 3.59. The second kappa shape index (κ2) is 5.41. The van der Waals surface area contributed by atoms with E-state index in [0.717, 1.165) is 29.3 Å². The van der Waals surface area contributed by atoms with Crippen molar-refractivity contribution in [2.75, 3.05) is 0 Å². The van der Waals surface area contributed by atoms with Crippen molar-refractivity contribution in [3.63, 3.8) is 0 Å². The Morgan fingerprint density at radius 2 is 2.28 bits per heavy atom. The van der Waals surface area contributed by atoms with Crippen LogP contribution in [0.25, 0.3) is 0 Å². The van der Waals surface area contributed by atoms with Crippen LogP contribution >= 0.6 is 15.9 Å². The van der Waals surface area contributed by atoms with Crippen molar-refractivity contribution in [1.82, 2.24) is 5.32 Å². The summed E-state index contributed by atoms with van der Waals surface area (Å²) in [4.78, 5) is 11.9. The maximum Gasteiger partial charge on any atom is 0.222 e. The molecule has 0 spiro atoms. The summed E-state index contributed by atoms with van der Waals surface area (Å²) in [5.41, 5.74) is 6.92. The van der Waals surface area contributed by atoms with Crippen LogP contribution in [0.4, 0.5) is 0 Å². The highest BCUT2D eigenvalue weighted by atomic mass is 79.9. The fourth-order valence-electron chi connectivity index (χ4n) is 2.28. The highest BCUT2D eigenvalue weighted by Gasteiger charge is 2.34. The normalized spacial score (nSPS) is 18.8. The number of nitrogens with one attached hydrogen (secondary N) is 1. The van der Waals surface area contributed by atoms with Gasteiger partial charge in [0.1, 0.15) is 0 Å². The average Bonchev–Trinajstić information content (AvgIpc) is 2.26. The molecule has 1 atom stereocenters. The first kappa shape index (κ1) is 13.6. The summed E-state index contributed by atoms with van der Waals surface area (Å²) in [6.07, 6.45) is 3.51. The number of halogens is 1. The van der Waals surface area contributed by atoms with Gasteiger partial charge >= 0.3 is 0 Å². The van der Waals surface area contributed by atoms with E-state index in [0.29, 0.717) is 6.42 Å². The molecule has 3 N–H and O–H groups in total. The zero-order chi connectivity index (χ0) is 13.2. The summed E-state index contributed by atoms with van der Waals surface area (Å²) < 4.78 is 1.02. The second-order valence-electron chi connectivity index (χ2n) is 5.24. The molecule has 1 fully saturated rings. The van der Waals surface area contributed by atoms with Gasteiger partial charge in [-0.3, -0.25) is 4.79 Å². The van der Waals surface area contributed by atoms with E-state index in [9.17, 15) is 4.79 Å². The predicted molar refractivity (Wildman–Crippen MR) is 76.1 cm³/mol. The minimum Gasteiger partial charge on any atom is -0.350 e. The molecule has 0 heterocycles. The Morgan fingerprint density at radius 1 is 1.56 bits per heavy atom. The fraction of sp³-hybridized carbons (Fsp3) is 0.500. The lowest BCUT2D eigenvalue weighted by molar-refractivity contribution is -0.123. The van der Waals surface area contributed by atoms with Crippen LogP contribution in [0.15, 0.2) is 28.7 Å². The lowest BCUT2D eigenvalue weighted by atomic mass is 9.75. The van der Waals surface area contributed by atoms with Crippen LogP contribution in [0.3, 0.4) is 0 Å².